The summed E-state index contributed by atoms with van der Waals surface area (Å²) in [5.41, 5.74) is 5.50. The lowest BCUT2D eigenvalue weighted by Crippen LogP contribution is -2.33. The highest BCUT2D eigenvalue weighted by atomic mass is 35.5. The third-order valence-corrected chi connectivity index (χ3v) is 6.47. The van der Waals surface area contributed by atoms with Crippen molar-refractivity contribution in [2.45, 2.75) is 44.9 Å². The van der Waals surface area contributed by atoms with Gasteiger partial charge in [-0.15, -0.1) is 0 Å². The van der Waals surface area contributed by atoms with Gasteiger partial charge in [-0.25, -0.2) is 4.98 Å². The molecule has 1 aromatic carbocycles. The zero-order valence-electron chi connectivity index (χ0n) is 17.6. The Kier molecular flexibility index (Phi) is 6.45. The molecule has 1 aliphatic rings. The normalized spacial score (nSPS) is 15.7. The summed E-state index contributed by atoms with van der Waals surface area (Å²) >= 11 is 6.33. The molecule has 0 aliphatic carbocycles. The van der Waals surface area contributed by atoms with E-state index >= 15 is 0 Å². The van der Waals surface area contributed by atoms with Gasteiger partial charge in [-0.3, -0.25) is 4.40 Å². The number of rotatable bonds is 7. The van der Waals surface area contributed by atoms with Crippen LogP contribution in [0.4, 0.5) is 0 Å². The number of aliphatic hydroxyl groups is 1. The quantitative estimate of drug-likeness (QED) is 0.481. The van der Waals surface area contributed by atoms with Crippen LogP contribution in [0.15, 0.2) is 49.3 Å². The Labute approximate surface area is 183 Å². The lowest BCUT2D eigenvalue weighted by Gasteiger charge is -2.32. The molecule has 0 radical (unpaired) electrons. The number of hydrogen-bond donors (Lipinski definition) is 1. The molecule has 1 fully saturated rings. The van der Waals surface area contributed by atoms with E-state index in [4.69, 9.17) is 11.6 Å². The third kappa shape index (κ3) is 4.71. The monoisotopic (exact) mass is 423 g/mol. The Morgan fingerprint density at radius 3 is 2.70 bits per heavy atom. The molecule has 158 valence electrons. The number of hydrogen-bond acceptors (Lipinski definition) is 3. The van der Waals surface area contributed by atoms with Crippen molar-refractivity contribution in [2.75, 3.05) is 19.6 Å². The van der Waals surface area contributed by atoms with Crippen LogP contribution in [-0.2, 0) is 12.8 Å². The first-order chi connectivity index (χ1) is 14.5. The number of aryl methyl sites for hydroxylation is 2. The number of halogens is 1. The SMILES string of the molecule is C=C(O)c1cc(CCCN2CCC(c3cc(Cl)cc(CC)c3)CC2)cc2nccn12. The fourth-order valence-electron chi connectivity index (χ4n) is 4.56. The molecule has 3 heterocycles. The summed E-state index contributed by atoms with van der Waals surface area (Å²) in [4.78, 5) is 6.94. The molecule has 3 aromatic rings. The van der Waals surface area contributed by atoms with Crippen LogP contribution < -0.4 is 0 Å². The van der Waals surface area contributed by atoms with Gasteiger partial charge in [0.15, 0.2) is 0 Å². The van der Waals surface area contributed by atoms with E-state index in [0.717, 1.165) is 49.6 Å². The number of pyridine rings is 1. The van der Waals surface area contributed by atoms with Crippen molar-refractivity contribution in [3.05, 3.63) is 76.7 Å². The van der Waals surface area contributed by atoms with Crippen LogP contribution in [0.2, 0.25) is 5.02 Å². The zero-order valence-corrected chi connectivity index (χ0v) is 18.4. The number of nitrogens with zero attached hydrogens (tertiary/aromatic N) is 3. The molecule has 1 saturated heterocycles. The fourth-order valence-corrected chi connectivity index (χ4v) is 4.82. The maximum Gasteiger partial charge on any atom is 0.137 e. The molecule has 0 spiro atoms. The summed E-state index contributed by atoms with van der Waals surface area (Å²) in [5.74, 6) is 0.695. The smallest absolute Gasteiger partial charge is 0.137 e. The van der Waals surface area contributed by atoms with Crippen LogP contribution in [0.1, 0.15) is 54.5 Å². The van der Waals surface area contributed by atoms with Gasteiger partial charge in [0.1, 0.15) is 11.4 Å². The van der Waals surface area contributed by atoms with Crippen LogP contribution in [0.25, 0.3) is 11.4 Å². The predicted octanol–water partition coefficient (Wildman–Crippen LogP) is 5.89. The first-order valence-electron chi connectivity index (χ1n) is 10.9. The van der Waals surface area contributed by atoms with Crippen LogP contribution in [0.3, 0.4) is 0 Å². The van der Waals surface area contributed by atoms with Crippen molar-refractivity contribution in [2.24, 2.45) is 0 Å². The van der Waals surface area contributed by atoms with Gasteiger partial charge in [-0.05, 0) is 98.6 Å². The second-order valence-electron chi connectivity index (χ2n) is 8.32. The van der Waals surface area contributed by atoms with Crippen molar-refractivity contribution in [3.8, 4) is 0 Å². The van der Waals surface area contributed by atoms with Crippen molar-refractivity contribution in [1.29, 1.82) is 0 Å². The lowest BCUT2D eigenvalue weighted by atomic mass is 9.88. The maximum absolute atomic E-state index is 9.90. The largest absolute Gasteiger partial charge is 0.506 e. The maximum atomic E-state index is 9.90. The molecule has 30 heavy (non-hydrogen) atoms. The van der Waals surface area contributed by atoms with E-state index in [0.29, 0.717) is 11.6 Å². The minimum atomic E-state index is 0.0779. The van der Waals surface area contributed by atoms with E-state index in [-0.39, 0.29) is 5.76 Å². The first kappa shape index (κ1) is 21.0. The summed E-state index contributed by atoms with van der Waals surface area (Å²) in [6.07, 6.45) is 9.08. The van der Waals surface area contributed by atoms with Gasteiger partial charge < -0.3 is 10.0 Å². The highest BCUT2D eigenvalue weighted by molar-refractivity contribution is 6.30. The van der Waals surface area contributed by atoms with Gasteiger partial charge in [-0.1, -0.05) is 31.2 Å². The predicted molar refractivity (Wildman–Crippen MR) is 124 cm³/mol. The van der Waals surface area contributed by atoms with Crippen molar-refractivity contribution in [3.63, 3.8) is 0 Å². The number of likely N-dealkylation sites (tertiary alicyclic amines) is 1. The van der Waals surface area contributed by atoms with Crippen LogP contribution in [-0.4, -0.2) is 39.0 Å². The van der Waals surface area contributed by atoms with E-state index in [1.807, 2.05) is 16.7 Å². The molecule has 1 N–H and O–H groups in total. The van der Waals surface area contributed by atoms with Crippen LogP contribution >= 0.6 is 11.6 Å². The second-order valence-corrected chi connectivity index (χ2v) is 8.75. The van der Waals surface area contributed by atoms with Gasteiger partial charge in [-0.2, -0.15) is 0 Å². The minimum absolute atomic E-state index is 0.0779. The topological polar surface area (TPSA) is 40.8 Å². The molecule has 0 saturated carbocycles. The molecule has 0 bridgehead atoms. The van der Waals surface area contributed by atoms with Gasteiger partial charge in [0, 0.05) is 17.4 Å². The summed E-state index contributed by atoms with van der Waals surface area (Å²) < 4.78 is 1.87. The van der Waals surface area contributed by atoms with E-state index in [9.17, 15) is 5.11 Å². The number of aliphatic hydroxyl groups excluding tert-OH is 1. The summed E-state index contributed by atoms with van der Waals surface area (Å²) in [6, 6.07) is 10.7. The molecular formula is C25H30ClN3O. The van der Waals surface area contributed by atoms with Crippen LogP contribution in [0.5, 0.6) is 0 Å². The van der Waals surface area contributed by atoms with E-state index in [1.54, 1.807) is 6.20 Å². The summed E-state index contributed by atoms with van der Waals surface area (Å²) in [7, 11) is 0. The summed E-state index contributed by atoms with van der Waals surface area (Å²) in [6.45, 7) is 9.24. The Bertz CT molecular complexity index is 1030. The average molecular weight is 424 g/mol. The molecule has 4 rings (SSSR count). The van der Waals surface area contributed by atoms with Crippen molar-refractivity contribution in [1.82, 2.24) is 14.3 Å². The number of imidazole rings is 1. The highest BCUT2D eigenvalue weighted by Crippen LogP contribution is 2.31. The van der Waals surface area contributed by atoms with Crippen LogP contribution in [0, 0.1) is 0 Å². The Balaban J connectivity index is 1.31. The van der Waals surface area contributed by atoms with Crippen molar-refractivity contribution >= 4 is 23.0 Å². The average Bonchev–Trinajstić information content (AvgIpc) is 3.21. The van der Waals surface area contributed by atoms with Gasteiger partial charge in [0.2, 0.25) is 0 Å². The number of piperidine rings is 1. The Morgan fingerprint density at radius 2 is 1.97 bits per heavy atom. The zero-order chi connectivity index (χ0) is 21.1. The standard InChI is InChI=1S/C25H30ClN3O/c1-3-19-13-22(17-23(26)14-19)21-6-10-28(11-7-21)9-4-5-20-15-24(18(2)30)29-12-8-27-25(29)16-20/h8,12-17,21,30H,2-7,9-11H2,1H3. The third-order valence-electron chi connectivity index (χ3n) is 6.25. The molecule has 4 nitrogen and oxygen atoms in total. The number of aromatic nitrogens is 2. The molecule has 5 heteroatoms. The van der Waals surface area contributed by atoms with E-state index in [2.05, 4.69) is 47.7 Å². The lowest BCUT2D eigenvalue weighted by molar-refractivity contribution is 0.210. The number of fused-ring (bicyclic) bond motifs is 1. The molecule has 0 unspecified atom stereocenters. The molecule has 0 atom stereocenters. The molecule has 0 amide bonds. The molecular weight excluding hydrogens is 394 g/mol. The summed E-state index contributed by atoms with van der Waals surface area (Å²) in [5, 5.41) is 10.8. The van der Waals surface area contributed by atoms with Crippen molar-refractivity contribution < 1.29 is 5.11 Å². The first-order valence-corrected chi connectivity index (χ1v) is 11.3. The Morgan fingerprint density at radius 1 is 1.17 bits per heavy atom. The number of benzene rings is 1. The van der Waals surface area contributed by atoms with Gasteiger partial charge in [0.25, 0.3) is 0 Å². The van der Waals surface area contributed by atoms with E-state index in [1.165, 1.54) is 29.5 Å². The highest BCUT2D eigenvalue weighted by Gasteiger charge is 2.21. The Hall–Kier alpha value is -2.30. The molecule has 1 aliphatic heterocycles. The second kappa shape index (κ2) is 9.23. The fraction of sp³-hybridized carbons (Fsp3) is 0.400. The van der Waals surface area contributed by atoms with Gasteiger partial charge in [0.05, 0.1) is 5.69 Å². The van der Waals surface area contributed by atoms with Gasteiger partial charge >= 0.3 is 0 Å². The minimum Gasteiger partial charge on any atom is -0.506 e. The van der Waals surface area contributed by atoms with E-state index < -0.39 is 0 Å². The molecule has 2 aromatic heterocycles.